The molecule has 1 aromatic rings. The summed E-state index contributed by atoms with van der Waals surface area (Å²) in [5.41, 5.74) is -0.137. The lowest BCUT2D eigenvalue weighted by Gasteiger charge is -1.97. The molecule has 5 nitrogen and oxygen atoms in total. The maximum Gasteiger partial charge on any atom is 0.269 e. The first-order chi connectivity index (χ1) is 5.91. The largest absolute Gasteiger partial charge is 0.302 e. The second kappa shape index (κ2) is 3.36. The number of hydrogen-bond donors (Lipinski definition) is 1. The summed E-state index contributed by atoms with van der Waals surface area (Å²) in [6, 6.07) is 4.62. The molecule has 7 heteroatoms. The van der Waals surface area contributed by atoms with Crippen LogP contribution in [0.15, 0.2) is 29.2 Å². The predicted octanol–water partition coefficient (Wildman–Crippen LogP) is 1.17. The fraction of sp³-hybridized carbons (Fsp3) is 0. The monoisotopic (exact) mass is 219 g/mol. The highest BCUT2D eigenvalue weighted by Crippen LogP contribution is 2.15. The zero-order valence-corrected chi connectivity index (χ0v) is 7.88. The molecule has 13 heavy (non-hydrogen) atoms. The van der Waals surface area contributed by atoms with Gasteiger partial charge in [0.05, 0.1) is 9.82 Å². The number of rotatable bonds is 2. The van der Waals surface area contributed by atoms with Crippen LogP contribution >= 0.6 is 0 Å². The molecule has 0 heterocycles. The van der Waals surface area contributed by atoms with Crippen molar-refractivity contribution in [1.29, 1.82) is 0 Å². The van der Waals surface area contributed by atoms with Crippen molar-refractivity contribution in [3.05, 3.63) is 34.4 Å². The molecule has 70 valence electrons. The Morgan fingerprint density at radius 3 is 2.15 bits per heavy atom. The molecule has 0 amide bonds. The minimum atomic E-state index is -3.43. The van der Waals surface area contributed by atoms with Gasteiger partial charge in [-0.05, 0) is 12.1 Å². The van der Waals surface area contributed by atoms with Gasteiger partial charge in [-0.25, -0.2) is 4.21 Å². The van der Waals surface area contributed by atoms with E-state index < -0.39 is 13.7 Å². The normalized spacial score (nSPS) is 14.8. The average molecular weight is 219 g/mol. The summed E-state index contributed by atoms with van der Waals surface area (Å²) in [4.78, 5) is 9.62. The molecular formula is C6H5NO4S2. The van der Waals surface area contributed by atoms with Gasteiger partial charge in [0.15, 0.2) is 8.77 Å². The van der Waals surface area contributed by atoms with Crippen molar-refractivity contribution in [3.63, 3.8) is 0 Å². The predicted molar refractivity (Wildman–Crippen MR) is 49.5 cm³/mol. The van der Waals surface area contributed by atoms with Crippen LogP contribution in [0.4, 0.5) is 5.69 Å². The van der Waals surface area contributed by atoms with Crippen LogP contribution in [0.3, 0.4) is 0 Å². The fourth-order valence-corrected chi connectivity index (χ4v) is 1.55. The maximum absolute atomic E-state index is 10.9. The van der Waals surface area contributed by atoms with Gasteiger partial charge in [0, 0.05) is 23.3 Å². The second-order valence-electron chi connectivity index (χ2n) is 2.23. The fourth-order valence-electron chi connectivity index (χ4n) is 0.740. The van der Waals surface area contributed by atoms with E-state index in [1.807, 2.05) is 0 Å². The molecule has 0 radical (unpaired) electrons. The van der Waals surface area contributed by atoms with Crippen LogP contribution < -0.4 is 0 Å². The molecule has 0 aliphatic carbocycles. The molecule has 0 saturated carbocycles. The SMILES string of the molecule is O=[N+]([O-])c1ccc(S(=O)(O)=S)cc1. The van der Waals surface area contributed by atoms with Gasteiger partial charge in [0.2, 0.25) is 0 Å². The molecule has 0 aliphatic rings. The van der Waals surface area contributed by atoms with Crippen molar-refractivity contribution in [2.45, 2.75) is 4.90 Å². The van der Waals surface area contributed by atoms with Crippen molar-refractivity contribution in [2.24, 2.45) is 0 Å². The van der Waals surface area contributed by atoms with Crippen LogP contribution in [0.1, 0.15) is 0 Å². The van der Waals surface area contributed by atoms with E-state index in [0.29, 0.717) is 0 Å². The number of nitrogens with zero attached hydrogens (tertiary/aromatic N) is 1. The average Bonchev–Trinajstić information content (AvgIpc) is 2.03. The molecule has 0 aromatic heterocycles. The Morgan fingerprint density at radius 1 is 1.38 bits per heavy atom. The zero-order valence-electron chi connectivity index (χ0n) is 6.25. The van der Waals surface area contributed by atoms with E-state index >= 15 is 0 Å². The highest BCUT2D eigenvalue weighted by Gasteiger charge is 2.08. The Morgan fingerprint density at radius 2 is 1.85 bits per heavy atom. The molecule has 1 N–H and O–H groups in total. The van der Waals surface area contributed by atoms with Crippen molar-refractivity contribution < 1.29 is 13.7 Å². The number of non-ortho nitro benzene ring substituents is 1. The van der Waals surface area contributed by atoms with Gasteiger partial charge in [-0.2, -0.15) is 0 Å². The van der Waals surface area contributed by atoms with Gasteiger partial charge >= 0.3 is 0 Å². The van der Waals surface area contributed by atoms with E-state index in [-0.39, 0.29) is 10.6 Å². The summed E-state index contributed by atoms with van der Waals surface area (Å²) >= 11 is 4.27. The van der Waals surface area contributed by atoms with E-state index in [1.54, 1.807) is 0 Å². The molecule has 0 saturated heterocycles. The number of hydrogen-bond acceptors (Lipinski definition) is 4. The molecule has 1 aromatic carbocycles. The third-order valence-corrected chi connectivity index (χ3v) is 2.79. The van der Waals surface area contributed by atoms with Gasteiger partial charge in [-0.15, -0.1) is 0 Å². The number of benzene rings is 1. The Balaban J connectivity index is 3.16. The first kappa shape index (κ1) is 10.0. The third-order valence-electron chi connectivity index (χ3n) is 1.35. The smallest absolute Gasteiger partial charge is 0.269 e. The van der Waals surface area contributed by atoms with Gasteiger partial charge in [-0.3, -0.25) is 10.1 Å². The summed E-state index contributed by atoms with van der Waals surface area (Å²) in [7, 11) is -3.43. The Labute approximate surface area is 79.0 Å². The molecule has 0 fully saturated rings. The summed E-state index contributed by atoms with van der Waals surface area (Å²) < 4.78 is 19.8. The van der Waals surface area contributed by atoms with Crippen LogP contribution in [0.25, 0.3) is 0 Å². The lowest BCUT2D eigenvalue weighted by atomic mass is 10.3. The first-order valence-electron chi connectivity index (χ1n) is 3.13. The zero-order chi connectivity index (χ0) is 10.1. The lowest BCUT2D eigenvalue weighted by Crippen LogP contribution is -1.96. The molecule has 1 unspecified atom stereocenters. The Bertz CT molecular complexity index is 422. The van der Waals surface area contributed by atoms with E-state index in [4.69, 9.17) is 4.55 Å². The van der Waals surface area contributed by atoms with Gasteiger partial charge in [-0.1, -0.05) is 0 Å². The van der Waals surface area contributed by atoms with E-state index in [2.05, 4.69) is 11.2 Å². The first-order valence-corrected chi connectivity index (χ1v) is 5.57. The maximum atomic E-state index is 10.9. The topological polar surface area (TPSA) is 80.4 Å². The van der Waals surface area contributed by atoms with Gasteiger partial charge < -0.3 is 4.55 Å². The minimum Gasteiger partial charge on any atom is -0.302 e. The summed E-state index contributed by atoms with van der Waals surface area (Å²) in [5.74, 6) is 0. The molecule has 1 atom stereocenters. The second-order valence-corrected chi connectivity index (χ2v) is 5.00. The Kier molecular flexibility index (Phi) is 2.60. The highest BCUT2D eigenvalue weighted by atomic mass is 32.8. The molecule has 1 rings (SSSR count). The van der Waals surface area contributed by atoms with Crippen LogP contribution in [0.2, 0.25) is 0 Å². The van der Waals surface area contributed by atoms with Crippen molar-refractivity contribution >= 4 is 25.6 Å². The van der Waals surface area contributed by atoms with E-state index in [9.17, 15) is 14.3 Å². The quantitative estimate of drug-likeness (QED) is 0.596. The standard InChI is InChI=1S/C6H5NO4S2/c8-7(9)5-1-3-6(4-2-5)13(10,11)12/h1-4H,(H,10,11,12). The van der Waals surface area contributed by atoms with Crippen LogP contribution in [0, 0.1) is 10.1 Å². The van der Waals surface area contributed by atoms with Crippen LogP contribution in [-0.2, 0) is 20.0 Å². The number of nitro groups is 1. The van der Waals surface area contributed by atoms with Crippen molar-refractivity contribution in [1.82, 2.24) is 0 Å². The molecule has 0 bridgehead atoms. The number of nitro benzene ring substituents is 1. The van der Waals surface area contributed by atoms with Gasteiger partial charge in [0.25, 0.3) is 5.69 Å². The Hall–Kier alpha value is -1.05. The molecular weight excluding hydrogens is 214 g/mol. The lowest BCUT2D eigenvalue weighted by molar-refractivity contribution is -0.384. The minimum absolute atomic E-state index is 0.00750. The van der Waals surface area contributed by atoms with Crippen LogP contribution in [-0.4, -0.2) is 13.7 Å². The summed E-state index contributed by atoms with van der Waals surface area (Å²) in [6.45, 7) is 0. The van der Waals surface area contributed by atoms with Crippen molar-refractivity contribution in [3.8, 4) is 0 Å². The highest BCUT2D eigenvalue weighted by molar-refractivity contribution is 8.29. The summed E-state index contributed by atoms with van der Waals surface area (Å²) in [6.07, 6.45) is 0. The van der Waals surface area contributed by atoms with E-state index in [0.717, 1.165) is 12.1 Å². The van der Waals surface area contributed by atoms with E-state index in [1.165, 1.54) is 12.1 Å². The van der Waals surface area contributed by atoms with Gasteiger partial charge in [0.1, 0.15) is 0 Å². The van der Waals surface area contributed by atoms with Crippen molar-refractivity contribution in [2.75, 3.05) is 0 Å². The van der Waals surface area contributed by atoms with Crippen LogP contribution in [0.5, 0.6) is 0 Å². The molecule has 0 aliphatic heterocycles. The molecule has 0 spiro atoms. The summed E-state index contributed by atoms with van der Waals surface area (Å²) in [5, 5.41) is 10.2. The third kappa shape index (κ3) is 2.44.